The van der Waals surface area contributed by atoms with E-state index in [1.54, 1.807) is 30.3 Å². The van der Waals surface area contributed by atoms with Crippen LogP contribution in [0.15, 0.2) is 82.2 Å². The summed E-state index contributed by atoms with van der Waals surface area (Å²) in [7, 11) is 0. The lowest BCUT2D eigenvalue weighted by molar-refractivity contribution is 0.102. The molecule has 1 heterocycles. The van der Waals surface area contributed by atoms with E-state index in [0.717, 1.165) is 22.2 Å². The first-order valence-corrected chi connectivity index (χ1v) is 9.59. The second kappa shape index (κ2) is 7.94. The zero-order valence-electron chi connectivity index (χ0n) is 16.1. The Morgan fingerprint density at radius 2 is 1.72 bits per heavy atom. The maximum atomic E-state index is 13.1. The van der Waals surface area contributed by atoms with E-state index in [4.69, 9.17) is 16.0 Å². The highest BCUT2D eigenvalue weighted by Crippen LogP contribution is 2.20. The minimum atomic E-state index is -0.279. The fourth-order valence-electron chi connectivity index (χ4n) is 3.09. The number of carbonyl (C=O) groups excluding carboxylic acids is 1. The van der Waals surface area contributed by atoms with Crippen LogP contribution in [0, 0.1) is 13.8 Å². The summed E-state index contributed by atoms with van der Waals surface area (Å²) in [4.78, 5) is 17.7. The first kappa shape index (κ1) is 19.0. The van der Waals surface area contributed by atoms with Crippen molar-refractivity contribution in [1.82, 2.24) is 0 Å². The number of hydrogen-bond donors (Lipinski definition) is 1. The van der Waals surface area contributed by atoms with Gasteiger partial charge in [0.1, 0.15) is 11.1 Å². The number of aryl methyl sites for hydroxylation is 2. The molecule has 3 aromatic carbocycles. The first-order valence-electron chi connectivity index (χ1n) is 9.21. The maximum absolute atomic E-state index is 13.1. The molecule has 0 radical (unpaired) electrons. The Balaban J connectivity index is 1.83. The van der Waals surface area contributed by atoms with Gasteiger partial charge in [-0.15, -0.1) is 0 Å². The molecule has 0 atom stereocenters. The van der Waals surface area contributed by atoms with E-state index in [1.807, 2.05) is 56.3 Å². The van der Waals surface area contributed by atoms with Gasteiger partial charge >= 0.3 is 0 Å². The smallest absolute Gasteiger partial charge is 0.261 e. The van der Waals surface area contributed by atoms with Crippen molar-refractivity contribution in [2.24, 2.45) is 4.99 Å². The van der Waals surface area contributed by atoms with E-state index in [1.165, 1.54) is 0 Å². The third kappa shape index (κ3) is 4.23. The van der Waals surface area contributed by atoms with Crippen molar-refractivity contribution in [1.29, 1.82) is 0 Å². The number of para-hydroxylation sites is 1. The second-order valence-corrected chi connectivity index (χ2v) is 7.30. The summed E-state index contributed by atoms with van der Waals surface area (Å²) in [6.07, 6.45) is 0. The molecule has 4 rings (SSSR count). The zero-order chi connectivity index (χ0) is 20.4. The Morgan fingerprint density at radius 3 is 2.48 bits per heavy atom. The SMILES string of the molecule is Cc1ccc(NC(=O)c2cc3ccccc3oc2=Nc2ccc(Cl)cc2)c(C)c1. The van der Waals surface area contributed by atoms with Crippen molar-refractivity contribution in [3.05, 3.63) is 100 Å². The van der Waals surface area contributed by atoms with Gasteiger partial charge in [-0.3, -0.25) is 4.79 Å². The molecule has 1 aromatic heterocycles. The van der Waals surface area contributed by atoms with E-state index in [0.29, 0.717) is 21.9 Å². The van der Waals surface area contributed by atoms with Crippen molar-refractivity contribution < 1.29 is 9.21 Å². The molecule has 0 unspecified atom stereocenters. The molecule has 0 saturated carbocycles. The molecule has 144 valence electrons. The van der Waals surface area contributed by atoms with Crippen molar-refractivity contribution in [3.63, 3.8) is 0 Å². The summed E-state index contributed by atoms with van der Waals surface area (Å²) in [6, 6.07) is 22.3. The van der Waals surface area contributed by atoms with E-state index in [9.17, 15) is 4.79 Å². The molecule has 0 fully saturated rings. The summed E-state index contributed by atoms with van der Waals surface area (Å²) in [5.74, 6) is -0.279. The highest BCUT2D eigenvalue weighted by molar-refractivity contribution is 6.30. The number of carbonyl (C=O) groups is 1. The fourth-order valence-corrected chi connectivity index (χ4v) is 3.22. The van der Waals surface area contributed by atoms with Crippen LogP contribution >= 0.6 is 11.6 Å². The van der Waals surface area contributed by atoms with Gasteiger partial charge in [0.05, 0.1) is 5.69 Å². The number of anilines is 1. The summed E-state index contributed by atoms with van der Waals surface area (Å²) in [5.41, 5.74) is 4.79. The second-order valence-electron chi connectivity index (χ2n) is 6.86. The lowest BCUT2D eigenvalue weighted by atomic mass is 10.1. The van der Waals surface area contributed by atoms with Crippen LogP contribution in [0.25, 0.3) is 11.0 Å². The average molecular weight is 403 g/mol. The van der Waals surface area contributed by atoms with Gasteiger partial charge in [0, 0.05) is 16.1 Å². The van der Waals surface area contributed by atoms with Crippen molar-refractivity contribution >= 4 is 39.9 Å². The molecule has 5 heteroatoms. The number of rotatable bonds is 3. The van der Waals surface area contributed by atoms with E-state index in [2.05, 4.69) is 10.3 Å². The van der Waals surface area contributed by atoms with Crippen LogP contribution in [0.5, 0.6) is 0 Å². The summed E-state index contributed by atoms with van der Waals surface area (Å²) >= 11 is 5.96. The monoisotopic (exact) mass is 402 g/mol. The molecule has 29 heavy (non-hydrogen) atoms. The van der Waals surface area contributed by atoms with Crippen LogP contribution in [0.2, 0.25) is 5.02 Å². The van der Waals surface area contributed by atoms with Crippen LogP contribution in [-0.2, 0) is 0 Å². The Hall–Kier alpha value is -3.37. The van der Waals surface area contributed by atoms with Crippen molar-refractivity contribution in [2.45, 2.75) is 13.8 Å². The molecule has 0 saturated heterocycles. The molecule has 1 N–H and O–H groups in total. The molecule has 0 aliphatic carbocycles. The fraction of sp³-hybridized carbons (Fsp3) is 0.0833. The number of hydrogen-bond acceptors (Lipinski definition) is 3. The molecule has 4 aromatic rings. The zero-order valence-corrected chi connectivity index (χ0v) is 16.8. The lowest BCUT2D eigenvalue weighted by Gasteiger charge is -2.10. The molecular weight excluding hydrogens is 384 g/mol. The van der Waals surface area contributed by atoms with Gasteiger partial charge in [0.2, 0.25) is 5.55 Å². The van der Waals surface area contributed by atoms with E-state index in [-0.39, 0.29) is 11.5 Å². The van der Waals surface area contributed by atoms with Crippen LogP contribution in [0.3, 0.4) is 0 Å². The highest BCUT2D eigenvalue weighted by atomic mass is 35.5. The first-order chi connectivity index (χ1) is 14.0. The molecule has 4 nitrogen and oxygen atoms in total. The van der Waals surface area contributed by atoms with Crippen LogP contribution < -0.4 is 10.9 Å². The van der Waals surface area contributed by atoms with Crippen LogP contribution in [-0.4, -0.2) is 5.91 Å². The van der Waals surface area contributed by atoms with Gasteiger partial charge in [-0.05, 0) is 61.9 Å². The molecular formula is C24H19ClN2O2. The standard InChI is InChI=1S/C24H19ClN2O2/c1-15-7-12-21(16(2)13-15)27-23(28)20-14-17-5-3-4-6-22(17)29-24(20)26-19-10-8-18(25)9-11-19/h3-14H,1-2H3,(H,27,28). The largest absolute Gasteiger partial charge is 0.438 e. The minimum absolute atomic E-state index is 0.244. The quantitative estimate of drug-likeness (QED) is 0.444. The van der Waals surface area contributed by atoms with Gasteiger partial charge in [0.15, 0.2) is 0 Å². The number of nitrogens with zero attached hydrogens (tertiary/aromatic N) is 1. The van der Waals surface area contributed by atoms with Crippen molar-refractivity contribution in [2.75, 3.05) is 5.32 Å². The number of benzene rings is 3. The number of fused-ring (bicyclic) bond motifs is 1. The van der Waals surface area contributed by atoms with Gasteiger partial charge < -0.3 is 9.73 Å². The van der Waals surface area contributed by atoms with Gasteiger partial charge in [0.25, 0.3) is 5.91 Å². The average Bonchev–Trinajstić information content (AvgIpc) is 2.71. The predicted octanol–water partition coefficient (Wildman–Crippen LogP) is 6.19. The van der Waals surface area contributed by atoms with E-state index < -0.39 is 0 Å². The third-order valence-electron chi connectivity index (χ3n) is 4.59. The number of nitrogens with one attached hydrogen (secondary N) is 1. The van der Waals surface area contributed by atoms with Crippen LogP contribution in [0.1, 0.15) is 21.5 Å². The number of amides is 1. The maximum Gasteiger partial charge on any atom is 0.261 e. The molecule has 0 aliphatic heterocycles. The highest BCUT2D eigenvalue weighted by Gasteiger charge is 2.14. The molecule has 1 amide bonds. The molecule has 0 aliphatic rings. The third-order valence-corrected chi connectivity index (χ3v) is 4.84. The topological polar surface area (TPSA) is 54.6 Å². The Labute approximate surface area is 173 Å². The van der Waals surface area contributed by atoms with Crippen LogP contribution in [0.4, 0.5) is 11.4 Å². The summed E-state index contributed by atoms with van der Waals surface area (Å²) < 4.78 is 5.97. The van der Waals surface area contributed by atoms with Gasteiger partial charge in [-0.2, -0.15) is 0 Å². The summed E-state index contributed by atoms with van der Waals surface area (Å²) in [5, 5.41) is 4.42. The Morgan fingerprint density at radius 1 is 0.966 bits per heavy atom. The normalized spacial score (nSPS) is 11.6. The number of halogens is 1. The molecule has 0 spiro atoms. The minimum Gasteiger partial charge on any atom is -0.438 e. The van der Waals surface area contributed by atoms with Crippen molar-refractivity contribution in [3.8, 4) is 0 Å². The Kier molecular flexibility index (Phi) is 5.19. The lowest BCUT2D eigenvalue weighted by Crippen LogP contribution is -2.22. The van der Waals surface area contributed by atoms with E-state index >= 15 is 0 Å². The Bertz CT molecular complexity index is 1270. The summed E-state index contributed by atoms with van der Waals surface area (Å²) in [6.45, 7) is 3.98. The predicted molar refractivity (Wildman–Crippen MR) is 117 cm³/mol. The van der Waals surface area contributed by atoms with Gasteiger partial charge in [-0.1, -0.05) is 47.5 Å². The molecule has 0 bridgehead atoms. The van der Waals surface area contributed by atoms with Gasteiger partial charge in [-0.25, -0.2) is 4.99 Å².